The van der Waals surface area contributed by atoms with E-state index in [-0.39, 0.29) is 9.79 Å². The predicted molar refractivity (Wildman–Crippen MR) is 104 cm³/mol. The van der Waals surface area contributed by atoms with E-state index in [2.05, 4.69) is 10.3 Å². The molecule has 5 nitrogen and oxygen atoms in total. The Labute approximate surface area is 157 Å². The Balaban J connectivity index is 1.60. The van der Waals surface area contributed by atoms with Crippen molar-refractivity contribution in [3.05, 3.63) is 91.1 Å². The summed E-state index contributed by atoms with van der Waals surface area (Å²) in [5.41, 5.74) is 1.49. The Morgan fingerprint density at radius 2 is 1.44 bits per heavy atom. The second-order valence-corrected chi connectivity index (χ2v) is 7.81. The number of oxazole rings is 1. The fraction of sp³-hybridized carbons (Fsp3) is 0. The second kappa shape index (κ2) is 7.09. The van der Waals surface area contributed by atoms with Gasteiger partial charge in [0.1, 0.15) is 0 Å². The van der Waals surface area contributed by atoms with Crippen molar-refractivity contribution in [1.29, 1.82) is 0 Å². The lowest BCUT2D eigenvalue weighted by Crippen LogP contribution is -2.02. The van der Waals surface area contributed by atoms with E-state index in [1.54, 1.807) is 60.8 Å². The van der Waals surface area contributed by atoms with Gasteiger partial charge in [-0.1, -0.05) is 54.6 Å². The highest BCUT2D eigenvalue weighted by Gasteiger charge is 2.17. The lowest BCUT2D eigenvalue weighted by Gasteiger charge is -2.07. The molecule has 0 bridgehead atoms. The Bertz CT molecular complexity index is 1150. The number of nitrogens with one attached hydrogen (secondary N) is 1. The number of nitrogens with zero attached hydrogens (tertiary/aromatic N) is 1. The molecule has 0 aliphatic heterocycles. The molecule has 0 saturated heterocycles. The Morgan fingerprint density at radius 3 is 2.19 bits per heavy atom. The molecule has 4 aromatic rings. The van der Waals surface area contributed by atoms with Crippen molar-refractivity contribution in [2.45, 2.75) is 9.79 Å². The lowest BCUT2D eigenvalue weighted by atomic mass is 10.2. The third-order valence-corrected chi connectivity index (χ3v) is 5.78. The third-order valence-electron chi connectivity index (χ3n) is 4.01. The van der Waals surface area contributed by atoms with Crippen LogP contribution in [0.5, 0.6) is 0 Å². The molecule has 0 fully saturated rings. The van der Waals surface area contributed by atoms with Crippen LogP contribution < -0.4 is 5.32 Å². The smallest absolute Gasteiger partial charge is 0.299 e. The van der Waals surface area contributed by atoms with Crippen molar-refractivity contribution in [2.24, 2.45) is 0 Å². The lowest BCUT2D eigenvalue weighted by molar-refractivity contribution is 0.591. The molecular weight excluding hydrogens is 360 g/mol. The molecule has 3 aromatic carbocycles. The number of anilines is 2. The summed E-state index contributed by atoms with van der Waals surface area (Å²) in [7, 11) is -3.58. The van der Waals surface area contributed by atoms with Gasteiger partial charge >= 0.3 is 0 Å². The fourth-order valence-corrected chi connectivity index (χ4v) is 4.00. The average molecular weight is 376 g/mol. The molecule has 134 valence electrons. The van der Waals surface area contributed by atoms with Crippen LogP contribution in [-0.2, 0) is 9.84 Å². The Hall–Kier alpha value is -3.38. The van der Waals surface area contributed by atoms with Crippen LogP contribution in [0.4, 0.5) is 11.7 Å². The molecule has 0 amide bonds. The molecule has 0 aliphatic carbocycles. The number of sulfone groups is 1. The number of aromatic nitrogens is 1. The first-order valence-corrected chi connectivity index (χ1v) is 9.80. The molecule has 0 spiro atoms. The molecule has 1 N–H and O–H groups in total. The van der Waals surface area contributed by atoms with Crippen molar-refractivity contribution >= 4 is 21.5 Å². The molecule has 1 aromatic heterocycles. The van der Waals surface area contributed by atoms with Crippen LogP contribution in [0, 0.1) is 0 Å². The van der Waals surface area contributed by atoms with Gasteiger partial charge in [0.25, 0.3) is 6.01 Å². The molecule has 1 heterocycles. The minimum Gasteiger partial charge on any atom is -0.423 e. The summed E-state index contributed by atoms with van der Waals surface area (Å²) in [6.45, 7) is 0. The molecule has 4 rings (SSSR count). The average Bonchev–Trinajstić information content (AvgIpc) is 3.18. The summed E-state index contributed by atoms with van der Waals surface area (Å²) in [4.78, 5) is 4.67. The highest BCUT2D eigenvalue weighted by Crippen LogP contribution is 2.27. The summed E-state index contributed by atoms with van der Waals surface area (Å²) in [6.07, 6.45) is 1.63. The van der Waals surface area contributed by atoms with Gasteiger partial charge in [0, 0.05) is 11.3 Å². The fourth-order valence-electron chi connectivity index (χ4n) is 2.67. The van der Waals surface area contributed by atoms with Crippen LogP contribution in [0.15, 0.2) is 105 Å². The van der Waals surface area contributed by atoms with Gasteiger partial charge in [0.15, 0.2) is 5.76 Å². The van der Waals surface area contributed by atoms with Crippen LogP contribution in [0.1, 0.15) is 0 Å². The van der Waals surface area contributed by atoms with E-state index in [1.165, 1.54) is 0 Å². The Morgan fingerprint density at radius 1 is 0.778 bits per heavy atom. The minimum atomic E-state index is -3.58. The van der Waals surface area contributed by atoms with Gasteiger partial charge in [0.2, 0.25) is 9.84 Å². The van der Waals surface area contributed by atoms with Gasteiger partial charge in [-0.2, -0.15) is 0 Å². The van der Waals surface area contributed by atoms with Gasteiger partial charge in [-0.05, 0) is 30.3 Å². The maximum atomic E-state index is 12.8. The zero-order chi connectivity index (χ0) is 18.7. The van der Waals surface area contributed by atoms with Crippen molar-refractivity contribution in [3.8, 4) is 11.3 Å². The first-order valence-electron chi connectivity index (χ1n) is 8.31. The maximum Gasteiger partial charge on any atom is 0.299 e. The third kappa shape index (κ3) is 3.61. The van der Waals surface area contributed by atoms with E-state index < -0.39 is 9.84 Å². The van der Waals surface area contributed by atoms with Crippen molar-refractivity contribution < 1.29 is 12.8 Å². The van der Waals surface area contributed by atoms with Crippen molar-refractivity contribution in [2.75, 3.05) is 5.32 Å². The zero-order valence-electron chi connectivity index (χ0n) is 14.2. The first-order chi connectivity index (χ1) is 13.1. The van der Waals surface area contributed by atoms with Gasteiger partial charge in [0.05, 0.1) is 16.0 Å². The highest BCUT2D eigenvalue weighted by molar-refractivity contribution is 7.91. The topological polar surface area (TPSA) is 72.2 Å². The summed E-state index contributed by atoms with van der Waals surface area (Å²) in [6, 6.07) is 24.8. The van der Waals surface area contributed by atoms with Gasteiger partial charge in [-0.3, -0.25) is 0 Å². The SMILES string of the molecule is O=S(=O)(c1ccccc1)c1cccc(Nc2ncc(-c3ccccc3)o2)c1. The monoisotopic (exact) mass is 376 g/mol. The molecule has 27 heavy (non-hydrogen) atoms. The number of hydrogen-bond acceptors (Lipinski definition) is 5. The summed E-state index contributed by atoms with van der Waals surface area (Å²) in [5.74, 6) is 0.631. The van der Waals surface area contributed by atoms with Crippen LogP contribution in [0.25, 0.3) is 11.3 Å². The second-order valence-electron chi connectivity index (χ2n) is 5.87. The van der Waals surface area contributed by atoms with Crippen LogP contribution in [-0.4, -0.2) is 13.4 Å². The number of hydrogen-bond donors (Lipinski definition) is 1. The van der Waals surface area contributed by atoms with E-state index in [4.69, 9.17) is 4.42 Å². The summed E-state index contributed by atoms with van der Waals surface area (Å²) in [5, 5.41) is 3.02. The number of rotatable bonds is 5. The van der Waals surface area contributed by atoms with Crippen molar-refractivity contribution in [1.82, 2.24) is 4.98 Å². The summed E-state index contributed by atoms with van der Waals surface area (Å²) >= 11 is 0. The van der Waals surface area contributed by atoms with Gasteiger partial charge in [-0.25, -0.2) is 13.4 Å². The molecule has 0 saturated carbocycles. The molecule has 0 aliphatic rings. The largest absolute Gasteiger partial charge is 0.423 e. The molecular formula is C21H16N2O3S. The van der Waals surface area contributed by atoms with E-state index in [0.717, 1.165) is 5.56 Å². The molecule has 0 atom stereocenters. The molecule has 0 radical (unpaired) electrons. The summed E-state index contributed by atoms with van der Waals surface area (Å²) < 4.78 is 31.2. The van der Waals surface area contributed by atoms with Crippen molar-refractivity contribution in [3.63, 3.8) is 0 Å². The quantitative estimate of drug-likeness (QED) is 0.535. The first kappa shape index (κ1) is 17.1. The zero-order valence-corrected chi connectivity index (χ0v) is 15.1. The van der Waals surface area contributed by atoms with Crippen LogP contribution in [0.2, 0.25) is 0 Å². The van der Waals surface area contributed by atoms with Gasteiger partial charge < -0.3 is 9.73 Å². The highest BCUT2D eigenvalue weighted by atomic mass is 32.2. The van der Waals surface area contributed by atoms with Crippen LogP contribution >= 0.6 is 0 Å². The van der Waals surface area contributed by atoms with E-state index in [1.807, 2.05) is 30.3 Å². The molecule has 6 heteroatoms. The predicted octanol–water partition coefficient (Wildman–Crippen LogP) is 4.92. The van der Waals surface area contributed by atoms with E-state index >= 15 is 0 Å². The van der Waals surface area contributed by atoms with E-state index in [9.17, 15) is 8.42 Å². The van der Waals surface area contributed by atoms with Crippen LogP contribution in [0.3, 0.4) is 0 Å². The Kier molecular flexibility index (Phi) is 4.48. The molecule has 0 unspecified atom stereocenters. The van der Waals surface area contributed by atoms with E-state index in [0.29, 0.717) is 17.5 Å². The number of benzene rings is 3. The normalized spacial score (nSPS) is 11.3. The standard InChI is InChI=1S/C21H16N2O3S/c24-27(25,18-11-5-2-6-12-18)19-13-7-10-17(14-19)23-21-22-15-20(26-21)16-8-3-1-4-9-16/h1-15H,(H,22,23). The minimum absolute atomic E-state index is 0.202. The maximum absolute atomic E-state index is 12.8. The van der Waals surface area contributed by atoms with Gasteiger partial charge in [-0.15, -0.1) is 0 Å².